The molecular weight excluding hydrogens is 360 g/mol. The van der Waals surface area contributed by atoms with Gasteiger partial charge in [0.25, 0.3) is 11.8 Å². The van der Waals surface area contributed by atoms with Gasteiger partial charge in [0, 0.05) is 10.6 Å². The van der Waals surface area contributed by atoms with Crippen LogP contribution in [0.1, 0.15) is 15.9 Å². The molecule has 2 amide bonds. The Bertz CT molecular complexity index is 795. The Morgan fingerprint density at radius 1 is 1.00 bits per heavy atom. The van der Waals surface area contributed by atoms with Crippen LogP contribution in [0.5, 0.6) is 5.75 Å². The van der Waals surface area contributed by atoms with Crippen LogP contribution in [0.4, 0.5) is 0 Å². The predicted molar refractivity (Wildman–Crippen MR) is 94.7 cm³/mol. The molecular formula is C18H17ClN2O5. The molecule has 7 nitrogen and oxygen atoms in total. The van der Waals surface area contributed by atoms with Crippen LogP contribution in [-0.4, -0.2) is 31.0 Å². The minimum Gasteiger partial charge on any atom is -0.482 e. The molecule has 0 aromatic heterocycles. The lowest BCUT2D eigenvalue weighted by molar-refractivity contribution is -0.150. The maximum absolute atomic E-state index is 11.7. The molecule has 0 radical (unpaired) electrons. The van der Waals surface area contributed by atoms with Crippen LogP contribution >= 0.6 is 11.6 Å². The lowest BCUT2D eigenvalue weighted by atomic mass is 10.2. The number of ether oxygens (including phenoxy) is 2. The lowest BCUT2D eigenvalue weighted by Gasteiger charge is -2.10. The number of rotatable bonds is 6. The Hall–Kier alpha value is -3.06. The van der Waals surface area contributed by atoms with Gasteiger partial charge in [-0.05, 0) is 42.8 Å². The highest BCUT2D eigenvalue weighted by molar-refractivity contribution is 6.30. The Morgan fingerprint density at radius 3 is 2.42 bits per heavy atom. The molecule has 0 unspecified atom stereocenters. The van der Waals surface area contributed by atoms with Crippen molar-refractivity contribution in [3.05, 3.63) is 64.7 Å². The molecule has 0 bridgehead atoms. The van der Waals surface area contributed by atoms with Gasteiger partial charge in [0.1, 0.15) is 5.75 Å². The molecule has 8 heteroatoms. The normalized spacial score (nSPS) is 9.92. The van der Waals surface area contributed by atoms with E-state index in [9.17, 15) is 14.4 Å². The summed E-state index contributed by atoms with van der Waals surface area (Å²) in [4.78, 5) is 34.9. The van der Waals surface area contributed by atoms with Crippen LogP contribution in [0.25, 0.3) is 0 Å². The molecule has 2 aromatic rings. The quantitative estimate of drug-likeness (QED) is 0.594. The maximum Gasteiger partial charge on any atom is 0.344 e. The summed E-state index contributed by atoms with van der Waals surface area (Å²) in [5, 5.41) is 0.562. The smallest absolute Gasteiger partial charge is 0.344 e. The zero-order chi connectivity index (χ0) is 18.9. The second-order valence-corrected chi connectivity index (χ2v) is 5.66. The van der Waals surface area contributed by atoms with Crippen molar-refractivity contribution >= 4 is 29.4 Å². The number of esters is 1. The molecule has 26 heavy (non-hydrogen) atoms. The number of benzene rings is 2. The van der Waals surface area contributed by atoms with Crippen LogP contribution in [0.2, 0.25) is 5.02 Å². The fraction of sp³-hybridized carbons (Fsp3) is 0.167. The molecule has 0 aliphatic rings. The van der Waals surface area contributed by atoms with Crippen LogP contribution in [-0.2, 0) is 14.3 Å². The first-order valence-electron chi connectivity index (χ1n) is 7.64. The highest BCUT2D eigenvalue weighted by Gasteiger charge is 2.11. The molecule has 2 N–H and O–H groups in total. The average molecular weight is 377 g/mol. The van der Waals surface area contributed by atoms with Gasteiger partial charge in [-0.3, -0.25) is 20.4 Å². The molecule has 0 heterocycles. The number of amides is 2. The fourth-order valence-corrected chi connectivity index (χ4v) is 2.15. The number of aryl methyl sites for hydroxylation is 1. The molecule has 0 atom stereocenters. The molecule has 0 saturated carbocycles. The van der Waals surface area contributed by atoms with Crippen molar-refractivity contribution in [2.45, 2.75) is 6.92 Å². The van der Waals surface area contributed by atoms with E-state index < -0.39 is 24.4 Å². The van der Waals surface area contributed by atoms with Gasteiger partial charge in [0.2, 0.25) is 0 Å². The summed E-state index contributed by atoms with van der Waals surface area (Å²) in [7, 11) is 0. The topological polar surface area (TPSA) is 93.7 Å². The third-order valence-corrected chi connectivity index (χ3v) is 3.43. The van der Waals surface area contributed by atoms with Crippen molar-refractivity contribution in [1.29, 1.82) is 0 Å². The first-order chi connectivity index (χ1) is 12.5. The van der Waals surface area contributed by atoms with Crippen LogP contribution < -0.4 is 15.6 Å². The van der Waals surface area contributed by atoms with Gasteiger partial charge < -0.3 is 9.47 Å². The second kappa shape index (κ2) is 9.43. The number of carbonyl (C=O) groups excluding carboxylic acids is 3. The van der Waals surface area contributed by atoms with Gasteiger partial charge >= 0.3 is 5.97 Å². The summed E-state index contributed by atoms with van der Waals surface area (Å²) >= 11 is 5.83. The third kappa shape index (κ3) is 6.10. The molecule has 2 rings (SSSR count). The number of hydrogen-bond acceptors (Lipinski definition) is 5. The number of hydrogen-bond donors (Lipinski definition) is 2. The zero-order valence-electron chi connectivity index (χ0n) is 14.0. The van der Waals surface area contributed by atoms with Gasteiger partial charge in [-0.15, -0.1) is 0 Å². The van der Waals surface area contributed by atoms with Crippen molar-refractivity contribution < 1.29 is 23.9 Å². The summed E-state index contributed by atoms with van der Waals surface area (Å²) in [5.41, 5.74) is 5.53. The number of carbonyl (C=O) groups is 3. The van der Waals surface area contributed by atoms with Crippen molar-refractivity contribution in [1.82, 2.24) is 10.9 Å². The van der Waals surface area contributed by atoms with Gasteiger partial charge in [-0.25, -0.2) is 4.79 Å². The Morgan fingerprint density at radius 2 is 1.73 bits per heavy atom. The summed E-state index contributed by atoms with van der Waals surface area (Å²) in [6, 6.07) is 13.3. The Balaban J connectivity index is 1.68. The van der Waals surface area contributed by atoms with Crippen LogP contribution in [0.3, 0.4) is 0 Å². The van der Waals surface area contributed by atoms with Crippen molar-refractivity contribution in [3.8, 4) is 5.75 Å². The van der Waals surface area contributed by atoms with E-state index >= 15 is 0 Å². The summed E-state index contributed by atoms with van der Waals surface area (Å²) in [6.45, 7) is 0.887. The van der Waals surface area contributed by atoms with E-state index in [4.69, 9.17) is 21.1 Å². The second-order valence-electron chi connectivity index (χ2n) is 5.23. The molecule has 0 aliphatic carbocycles. The number of nitrogens with one attached hydrogen (secondary N) is 2. The summed E-state index contributed by atoms with van der Waals surface area (Å²) in [5.74, 6) is -1.38. The molecule has 2 aromatic carbocycles. The van der Waals surface area contributed by atoms with Crippen LogP contribution in [0.15, 0.2) is 48.5 Å². The molecule has 0 saturated heterocycles. The summed E-state index contributed by atoms with van der Waals surface area (Å²) < 4.78 is 10.1. The maximum atomic E-state index is 11.7. The van der Waals surface area contributed by atoms with Crippen LogP contribution in [0, 0.1) is 6.92 Å². The first-order valence-corrected chi connectivity index (χ1v) is 8.02. The van der Waals surface area contributed by atoms with Gasteiger partial charge in [-0.2, -0.15) is 0 Å². The van der Waals surface area contributed by atoms with E-state index in [-0.39, 0.29) is 6.61 Å². The average Bonchev–Trinajstić information content (AvgIpc) is 2.64. The largest absolute Gasteiger partial charge is 0.482 e. The van der Waals surface area contributed by atoms with E-state index in [1.54, 1.807) is 55.5 Å². The van der Waals surface area contributed by atoms with E-state index in [1.165, 1.54) is 0 Å². The minimum atomic E-state index is -0.719. The van der Waals surface area contributed by atoms with E-state index in [2.05, 4.69) is 10.9 Å². The standard InChI is InChI=1S/C18H17ClN2O5/c1-12-9-14(19)7-8-15(12)25-11-17(23)26-10-16(22)20-21-18(24)13-5-3-2-4-6-13/h2-9H,10-11H2,1H3,(H,20,22)(H,21,24). The number of halogens is 1. The summed E-state index contributed by atoms with van der Waals surface area (Å²) in [6.07, 6.45) is 0. The predicted octanol–water partition coefficient (Wildman–Crippen LogP) is 2.03. The van der Waals surface area contributed by atoms with E-state index in [1.807, 2.05) is 0 Å². The zero-order valence-corrected chi connectivity index (χ0v) is 14.7. The van der Waals surface area contributed by atoms with E-state index in [0.717, 1.165) is 5.56 Å². The van der Waals surface area contributed by atoms with Gasteiger partial charge in [-0.1, -0.05) is 29.8 Å². The lowest BCUT2D eigenvalue weighted by Crippen LogP contribution is -2.43. The van der Waals surface area contributed by atoms with Gasteiger partial charge in [0.05, 0.1) is 0 Å². The third-order valence-electron chi connectivity index (χ3n) is 3.20. The monoisotopic (exact) mass is 376 g/mol. The van der Waals surface area contributed by atoms with Crippen molar-refractivity contribution in [3.63, 3.8) is 0 Å². The van der Waals surface area contributed by atoms with Crippen molar-refractivity contribution in [2.75, 3.05) is 13.2 Å². The van der Waals surface area contributed by atoms with Gasteiger partial charge in [0.15, 0.2) is 13.2 Å². The van der Waals surface area contributed by atoms with Crippen molar-refractivity contribution in [2.24, 2.45) is 0 Å². The first kappa shape index (κ1) is 19.3. The number of hydrazine groups is 1. The molecule has 0 spiro atoms. The Kier molecular flexibility index (Phi) is 6.99. The minimum absolute atomic E-state index is 0.355. The van der Waals surface area contributed by atoms with E-state index in [0.29, 0.717) is 16.3 Å². The fourth-order valence-electron chi connectivity index (χ4n) is 1.92. The highest BCUT2D eigenvalue weighted by atomic mass is 35.5. The SMILES string of the molecule is Cc1cc(Cl)ccc1OCC(=O)OCC(=O)NNC(=O)c1ccccc1. The highest BCUT2D eigenvalue weighted by Crippen LogP contribution is 2.21. The molecule has 0 fully saturated rings. The molecule has 0 aliphatic heterocycles. The molecule has 136 valence electrons. The Labute approximate surface area is 155 Å².